The van der Waals surface area contributed by atoms with Gasteiger partial charge >= 0.3 is 0 Å². The zero-order chi connectivity index (χ0) is 13.8. The number of benzene rings is 1. The van der Waals surface area contributed by atoms with Gasteiger partial charge in [0.05, 0.1) is 15.2 Å². The molecule has 18 heavy (non-hydrogen) atoms. The molecule has 0 amide bonds. The molecule has 0 aliphatic carbocycles. The highest BCUT2D eigenvalue weighted by atomic mass is 79.9. The summed E-state index contributed by atoms with van der Waals surface area (Å²) in [7, 11) is -3.13. The van der Waals surface area contributed by atoms with Gasteiger partial charge in [-0.25, -0.2) is 13.1 Å². The van der Waals surface area contributed by atoms with Gasteiger partial charge in [-0.15, -0.1) is 0 Å². The molecular weight excluding hydrogens is 388 g/mol. The number of nitrogens with one attached hydrogen (secondary N) is 2. The van der Waals surface area contributed by atoms with E-state index in [-0.39, 0.29) is 5.75 Å². The van der Waals surface area contributed by atoms with Gasteiger partial charge in [0, 0.05) is 19.6 Å². The number of phenolic OH excluding ortho intramolecular Hbond substituents is 1. The summed E-state index contributed by atoms with van der Waals surface area (Å²) >= 11 is 6.49. The van der Waals surface area contributed by atoms with Crippen molar-refractivity contribution in [3.8, 4) is 5.75 Å². The van der Waals surface area contributed by atoms with E-state index in [9.17, 15) is 13.5 Å². The van der Waals surface area contributed by atoms with E-state index in [0.717, 1.165) is 11.8 Å². The summed E-state index contributed by atoms with van der Waals surface area (Å²) in [4.78, 5) is 0. The van der Waals surface area contributed by atoms with Gasteiger partial charge in [-0.05, 0) is 49.6 Å². The quantitative estimate of drug-likeness (QED) is 0.632. The fourth-order valence-electron chi connectivity index (χ4n) is 1.28. The highest BCUT2D eigenvalue weighted by Crippen LogP contribution is 2.33. The Bertz CT molecular complexity index is 497. The smallest absolute Gasteiger partial charge is 0.208 e. The van der Waals surface area contributed by atoms with Crippen molar-refractivity contribution in [3.05, 3.63) is 26.6 Å². The summed E-state index contributed by atoms with van der Waals surface area (Å²) < 4.78 is 25.2. The van der Waals surface area contributed by atoms with Crippen molar-refractivity contribution in [2.75, 3.05) is 19.3 Å². The lowest BCUT2D eigenvalue weighted by Gasteiger charge is -2.08. The Morgan fingerprint density at radius 2 is 1.78 bits per heavy atom. The molecule has 1 aromatic carbocycles. The van der Waals surface area contributed by atoms with Crippen molar-refractivity contribution in [1.29, 1.82) is 0 Å². The SMILES string of the molecule is CS(=O)(=O)NCCNCc1cc(Br)c(O)c(Br)c1. The molecule has 1 aromatic rings. The molecule has 8 heteroatoms. The van der Waals surface area contributed by atoms with Gasteiger partial charge in [0.2, 0.25) is 10.0 Å². The molecule has 1 rings (SSSR count). The number of hydrogen-bond acceptors (Lipinski definition) is 4. The van der Waals surface area contributed by atoms with Crippen molar-refractivity contribution in [1.82, 2.24) is 10.0 Å². The molecule has 0 aliphatic heterocycles. The standard InChI is InChI=1S/C10H14Br2N2O3S/c1-18(16,17)14-3-2-13-6-7-4-8(11)10(15)9(12)5-7/h4-5,13-15H,2-3,6H2,1H3. The maximum absolute atomic E-state index is 10.8. The Morgan fingerprint density at radius 1 is 1.22 bits per heavy atom. The summed E-state index contributed by atoms with van der Waals surface area (Å²) in [5.41, 5.74) is 0.978. The fourth-order valence-corrected chi connectivity index (χ4v) is 3.03. The molecule has 0 aromatic heterocycles. The maximum atomic E-state index is 10.8. The van der Waals surface area contributed by atoms with E-state index in [4.69, 9.17) is 0 Å². The third-order valence-corrected chi connectivity index (χ3v) is 4.01. The number of phenols is 1. The van der Waals surface area contributed by atoms with E-state index >= 15 is 0 Å². The highest BCUT2D eigenvalue weighted by molar-refractivity contribution is 9.11. The number of halogens is 2. The van der Waals surface area contributed by atoms with Crippen LogP contribution < -0.4 is 10.0 Å². The lowest BCUT2D eigenvalue weighted by Crippen LogP contribution is -2.30. The predicted molar refractivity (Wildman–Crippen MR) is 78.1 cm³/mol. The van der Waals surface area contributed by atoms with Crippen molar-refractivity contribution in [3.63, 3.8) is 0 Å². The predicted octanol–water partition coefficient (Wildman–Crippen LogP) is 1.56. The average Bonchev–Trinajstić information content (AvgIpc) is 2.23. The molecule has 0 spiro atoms. The van der Waals surface area contributed by atoms with Crippen LogP contribution in [0.3, 0.4) is 0 Å². The Balaban J connectivity index is 2.41. The van der Waals surface area contributed by atoms with Crippen LogP contribution >= 0.6 is 31.9 Å². The first-order valence-corrected chi connectivity index (χ1v) is 8.59. The van der Waals surface area contributed by atoms with E-state index in [2.05, 4.69) is 41.9 Å². The number of aromatic hydroxyl groups is 1. The summed E-state index contributed by atoms with van der Waals surface area (Å²) in [5, 5.41) is 12.6. The molecular formula is C10H14Br2N2O3S. The van der Waals surface area contributed by atoms with Crippen LogP contribution in [0.15, 0.2) is 21.1 Å². The molecule has 0 unspecified atom stereocenters. The molecule has 102 valence electrons. The second-order valence-corrected chi connectivity index (χ2v) is 7.29. The maximum Gasteiger partial charge on any atom is 0.208 e. The molecule has 0 aliphatic rings. The van der Waals surface area contributed by atoms with Crippen molar-refractivity contribution in [2.24, 2.45) is 0 Å². The van der Waals surface area contributed by atoms with E-state index in [1.807, 2.05) is 0 Å². The Kier molecular flexibility index (Phi) is 6.06. The largest absolute Gasteiger partial charge is 0.506 e. The number of sulfonamides is 1. The van der Waals surface area contributed by atoms with Gasteiger partial charge in [0.1, 0.15) is 5.75 Å². The first-order chi connectivity index (χ1) is 8.29. The van der Waals surface area contributed by atoms with Gasteiger partial charge in [0.25, 0.3) is 0 Å². The molecule has 0 saturated carbocycles. The minimum Gasteiger partial charge on any atom is -0.506 e. The van der Waals surface area contributed by atoms with Crippen molar-refractivity contribution < 1.29 is 13.5 Å². The van der Waals surface area contributed by atoms with Gasteiger partial charge < -0.3 is 10.4 Å². The summed E-state index contributed by atoms with van der Waals surface area (Å²) in [6.45, 7) is 1.46. The molecule has 0 fully saturated rings. The van der Waals surface area contributed by atoms with Gasteiger partial charge in [-0.2, -0.15) is 0 Å². The molecule has 0 heterocycles. The number of hydrogen-bond donors (Lipinski definition) is 3. The third-order valence-electron chi connectivity index (χ3n) is 2.07. The molecule has 0 radical (unpaired) electrons. The third kappa shape index (κ3) is 5.66. The first-order valence-electron chi connectivity index (χ1n) is 5.12. The molecule has 0 bridgehead atoms. The first kappa shape index (κ1) is 15.9. The van der Waals surface area contributed by atoms with Gasteiger partial charge in [-0.3, -0.25) is 0 Å². The van der Waals surface area contributed by atoms with Crippen LogP contribution in [0.1, 0.15) is 5.56 Å². The molecule has 3 N–H and O–H groups in total. The summed E-state index contributed by atoms with van der Waals surface area (Å²) in [6.07, 6.45) is 1.13. The Hall–Kier alpha value is -0.150. The minimum atomic E-state index is -3.13. The zero-order valence-corrected chi connectivity index (χ0v) is 13.7. The van der Waals surface area contributed by atoms with Crippen molar-refractivity contribution >= 4 is 41.9 Å². The summed E-state index contributed by atoms with van der Waals surface area (Å²) in [6, 6.07) is 3.61. The molecule has 0 saturated heterocycles. The van der Waals surface area contributed by atoms with Gasteiger partial charge in [-0.1, -0.05) is 0 Å². The van der Waals surface area contributed by atoms with E-state index in [1.54, 1.807) is 12.1 Å². The van der Waals surface area contributed by atoms with Crippen LogP contribution in [-0.4, -0.2) is 32.9 Å². The van der Waals surface area contributed by atoms with E-state index in [1.165, 1.54) is 0 Å². The summed E-state index contributed by atoms with van der Waals surface area (Å²) in [5.74, 6) is 0.164. The second kappa shape index (κ2) is 6.85. The zero-order valence-electron chi connectivity index (χ0n) is 9.70. The lowest BCUT2D eigenvalue weighted by molar-refractivity contribution is 0.468. The van der Waals surface area contributed by atoms with E-state index in [0.29, 0.717) is 28.6 Å². The van der Waals surface area contributed by atoms with Crippen LogP contribution in [0.2, 0.25) is 0 Å². The second-order valence-electron chi connectivity index (χ2n) is 3.75. The Morgan fingerprint density at radius 3 is 2.28 bits per heavy atom. The monoisotopic (exact) mass is 400 g/mol. The molecule has 0 atom stereocenters. The van der Waals surface area contributed by atoms with Crippen LogP contribution in [0, 0.1) is 0 Å². The highest BCUT2D eigenvalue weighted by Gasteiger charge is 2.05. The van der Waals surface area contributed by atoms with Crippen LogP contribution in [0.25, 0.3) is 0 Å². The number of rotatable bonds is 6. The van der Waals surface area contributed by atoms with Crippen LogP contribution in [0.5, 0.6) is 5.75 Å². The minimum absolute atomic E-state index is 0.164. The van der Waals surface area contributed by atoms with Crippen molar-refractivity contribution in [2.45, 2.75) is 6.54 Å². The van der Waals surface area contributed by atoms with Crippen LogP contribution in [-0.2, 0) is 16.6 Å². The Labute approximate surface area is 123 Å². The lowest BCUT2D eigenvalue weighted by atomic mass is 10.2. The average molecular weight is 402 g/mol. The molecule has 5 nitrogen and oxygen atoms in total. The van der Waals surface area contributed by atoms with Crippen LogP contribution in [0.4, 0.5) is 0 Å². The fraction of sp³-hybridized carbons (Fsp3) is 0.400. The normalized spacial score (nSPS) is 11.7. The van der Waals surface area contributed by atoms with E-state index < -0.39 is 10.0 Å². The van der Waals surface area contributed by atoms with Gasteiger partial charge in [0.15, 0.2) is 0 Å². The topological polar surface area (TPSA) is 78.4 Å².